The lowest BCUT2D eigenvalue weighted by molar-refractivity contribution is -0.121. The van der Waals surface area contributed by atoms with Gasteiger partial charge >= 0.3 is 0 Å². The number of anilines is 1. The van der Waals surface area contributed by atoms with E-state index in [1.54, 1.807) is 18.3 Å². The monoisotopic (exact) mass is 325 g/mol. The predicted octanol–water partition coefficient (Wildman–Crippen LogP) is 2.73. The second kappa shape index (κ2) is 7.92. The summed E-state index contributed by atoms with van der Waals surface area (Å²) in [5.41, 5.74) is 2.53. The minimum absolute atomic E-state index is 0.131. The molecule has 2 amide bonds. The lowest BCUT2D eigenvalue weighted by Gasteiger charge is -2.11. The summed E-state index contributed by atoms with van der Waals surface area (Å²) in [6.45, 7) is 7.05. The molecule has 2 rings (SSSR count). The highest BCUT2D eigenvalue weighted by molar-refractivity contribution is 5.96. The molecule has 1 heterocycles. The Labute approximate surface area is 140 Å². The SMILES string of the molecule is C=CC(=O)NCC(=O)Nc1ccc(C)c(Oc2cc(C)ccn2)c1. The van der Waals surface area contributed by atoms with Crippen molar-refractivity contribution in [3.8, 4) is 11.6 Å². The highest BCUT2D eigenvalue weighted by Gasteiger charge is 2.08. The molecule has 0 bridgehead atoms. The fourth-order valence-corrected chi connectivity index (χ4v) is 1.91. The maximum Gasteiger partial charge on any atom is 0.243 e. The van der Waals surface area contributed by atoms with Gasteiger partial charge in [0.1, 0.15) is 5.75 Å². The molecule has 1 aromatic carbocycles. The van der Waals surface area contributed by atoms with Crippen LogP contribution in [0.5, 0.6) is 11.6 Å². The van der Waals surface area contributed by atoms with Crippen LogP contribution in [0.25, 0.3) is 0 Å². The van der Waals surface area contributed by atoms with E-state index in [0.717, 1.165) is 17.2 Å². The molecule has 0 aliphatic carbocycles. The number of nitrogens with zero attached hydrogens (tertiary/aromatic N) is 1. The van der Waals surface area contributed by atoms with Crippen molar-refractivity contribution >= 4 is 17.5 Å². The first-order valence-corrected chi connectivity index (χ1v) is 7.39. The van der Waals surface area contributed by atoms with Crippen LogP contribution < -0.4 is 15.4 Å². The molecule has 6 heteroatoms. The summed E-state index contributed by atoms with van der Waals surface area (Å²) in [5, 5.41) is 5.11. The first kappa shape index (κ1) is 17.2. The Kier molecular flexibility index (Phi) is 5.68. The Hall–Kier alpha value is -3.15. The number of carbonyl (C=O) groups excluding carboxylic acids is 2. The molecule has 0 spiro atoms. The van der Waals surface area contributed by atoms with Crippen LogP contribution in [0, 0.1) is 13.8 Å². The van der Waals surface area contributed by atoms with Crippen molar-refractivity contribution in [2.24, 2.45) is 0 Å². The number of aryl methyl sites for hydroxylation is 2. The number of hydrogen-bond donors (Lipinski definition) is 2. The van der Waals surface area contributed by atoms with Crippen LogP contribution in [-0.4, -0.2) is 23.3 Å². The molecule has 0 radical (unpaired) electrons. The van der Waals surface area contributed by atoms with Crippen molar-refractivity contribution in [1.82, 2.24) is 10.3 Å². The van der Waals surface area contributed by atoms with Crippen molar-refractivity contribution in [3.05, 3.63) is 60.3 Å². The lowest BCUT2D eigenvalue weighted by atomic mass is 10.2. The van der Waals surface area contributed by atoms with Gasteiger partial charge < -0.3 is 15.4 Å². The minimum atomic E-state index is -0.399. The molecular weight excluding hydrogens is 306 g/mol. The average molecular weight is 325 g/mol. The highest BCUT2D eigenvalue weighted by atomic mass is 16.5. The van der Waals surface area contributed by atoms with E-state index in [4.69, 9.17) is 4.74 Å². The standard InChI is InChI=1S/C18H19N3O3/c1-4-16(22)20-11-17(23)21-14-6-5-13(3)15(10-14)24-18-9-12(2)7-8-19-18/h4-10H,1,11H2,2-3H3,(H,20,22)(H,21,23). The Morgan fingerprint density at radius 2 is 2.04 bits per heavy atom. The van der Waals surface area contributed by atoms with Crippen molar-refractivity contribution in [2.75, 3.05) is 11.9 Å². The maximum absolute atomic E-state index is 11.8. The number of ether oxygens (including phenoxy) is 1. The molecular formula is C18H19N3O3. The first-order chi connectivity index (χ1) is 11.5. The number of pyridine rings is 1. The summed E-state index contributed by atoms with van der Waals surface area (Å²) < 4.78 is 5.78. The van der Waals surface area contributed by atoms with Gasteiger partial charge in [-0.3, -0.25) is 9.59 Å². The zero-order chi connectivity index (χ0) is 17.5. The largest absolute Gasteiger partial charge is 0.439 e. The first-order valence-electron chi connectivity index (χ1n) is 7.39. The molecule has 0 atom stereocenters. The van der Waals surface area contributed by atoms with Gasteiger partial charge in [-0.1, -0.05) is 12.6 Å². The molecule has 0 aliphatic heterocycles. The number of benzene rings is 1. The number of hydrogen-bond acceptors (Lipinski definition) is 4. The maximum atomic E-state index is 11.8. The second-order valence-corrected chi connectivity index (χ2v) is 5.22. The molecule has 0 saturated heterocycles. The molecule has 124 valence electrons. The number of amides is 2. The van der Waals surface area contributed by atoms with Crippen molar-refractivity contribution < 1.29 is 14.3 Å². The summed E-state index contributed by atoms with van der Waals surface area (Å²) in [6, 6.07) is 9.03. The van der Waals surface area contributed by atoms with Gasteiger partial charge in [0.2, 0.25) is 17.7 Å². The quantitative estimate of drug-likeness (QED) is 0.800. The molecule has 1 aromatic heterocycles. The Morgan fingerprint density at radius 3 is 2.75 bits per heavy atom. The summed E-state index contributed by atoms with van der Waals surface area (Å²) in [7, 11) is 0. The highest BCUT2D eigenvalue weighted by Crippen LogP contribution is 2.27. The van der Waals surface area contributed by atoms with Gasteiger partial charge in [-0.25, -0.2) is 4.98 Å². The van der Waals surface area contributed by atoms with E-state index < -0.39 is 5.91 Å². The van der Waals surface area contributed by atoms with E-state index in [2.05, 4.69) is 22.2 Å². The van der Waals surface area contributed by atoms with Crippen LogP contribution in [0.15, 0.2) is 49.2 Å². The third kappa shape index (κ3) is 4.95. The summed E-state index contributed by atoms with van der Waals surface area (Å²) in [5.74, 6) is 0.345. The van der Waals surface area contributed by atoms with Gasteiger partial charge in [0.15, 0.2) is 0 Å². The van der Waals surface area contributed by atoms with E-state index in [-0.39, 0.29) is 12.5 Å². The van der Waals surface area contributed by atoms with Gasteiger partial charge in [-0.05, 0) is 43.2 Å². The van der Waals surface area contributed by atoms with E-state index >= 15 is 0 Å². The van der Waals surface area contributed by atoms with E-state index in [0.29, 0.717) is 17.3 Å². The number of rotatable bonds is 6. The smallest absolute Gasteiger partial charge is 0.243 e. The molecule has 0 aliphatic rings. The number of nitrogens with one attached hydrogen (secondary N) is 2. The molecule has 24 heavy (non-hydrogen) atoms. The fourth-order valence-electron chi connectivity index (χ4n) is 1.91. The molecule has 0 fully saturated rings. The third-order valence-corrected chi connectivity index (χ3v) is 3.19. The fraction of sp³-hybridized carbons (Fsp3) is 0.167. The van der Waals surface area contributed by atoms with Crippen LogP contribution in [-0.2, 0) is 9.59 Å². The normalized spacial score (nSPS) is 9.92. The summed E-state index contributed by atoms with van der Waals surface area (Å²) in [6.07, 6.45) is 2.79. The minimum Gasteiger partial charge on any atom is -0.439 e. The van der Waals surface area contributed by atoms with Crippen molar-refractivity contribution in [1.29, 1.82) is 0 Å². The van der Waals surface area contributed by atoms with Gasteiger partial charge in [0.05, 0.1) is 6.54 Å². The zero-order valence-corrected chi connectivity index (χ0v) is 13.6. The Morgan fingerprint density at radius 1 is 1.25 bits per heavy atom. The molecule has 0 saturated carbocycles. The van der Waals surface area contributed by atoms with Crippen LogP contribution in [0.1, 0.15) is 11.1 Å². The topological polar surface area (TPSA) is 80.3 Å². The van der Waals surface area contributed by atoms with Crippen LogP contribution in [0.4, 0.5) is 5.69 Å². The summed E-state index contributed by atoms with van der Waals surface area (Å²) in [4.78, 5) is 27.0. The average Bonchev–Trinajstić information content (AvgIpc) is 2.55. The Balaban J connectivity index is 2.06. The second-order valence-electron chi connectivity index (χ2n) is 5.22. The molecule has 0 unspecified atom stereocenters. The van der Waals surface area contributed by atoms with Gasteiger partial charge in [0.25, 0.3) is 0 Å². The van der Waals surface area contributed by atoms with E-state index in [1.807, 2.05) is 32.0 Å². The molecule has 2 N–H and O–H groups in total. The van der Waals surface area contributed by atoms with Crippen LogP contribution in [0.2, 0.25) is 0 Å². The summed E-state index contributed by atoms with van der Waals surface area (Å²) >= 11 is 0. The van der Waals surface area contributed by atoms with Gasteiger partial charge in [-0.2, -0.15) is 0 Å². The van der Waals surface area contributed by atoms with Crippen molar-refractivity contribution in [3.63, 3.8) is 0 Å². The Bertz CT molecular complexity index is 772. The van der Waals surface area contributed by atoms with Gasteiger partial charge in [-0.15, -0.1) is 0 Å². The van der Waals surface area contributed by atoms with E-state index in [9.17, 15) is 9.59 Å². The van der Waals surface area contributed by atoms with Gasteiger partial charge in [0, 0.05) is 24.0 Å². The molecule has 2 aromatic rings. The predicted molar refractivity (Wildman–Crippen MR) is 92.1 cm³/mol. The van der Waals surface area contributed by atoms with Crippen LogP contribution >= 0.6 is 0 Å². The van der Waals surface area contributed by atoms with E-state index in [1.165, 1.54) is 0 Å². The number of carbonyl (C=O) groups is 2. The number of aromatic nitrogens is 1. The lowest BCUT2D eigenvalue weighted by Crippen LogP contribution is -2.31. The third-order valence-electron chi connectivity index (χ3n) is 3.19. The van der Waals surface area contributed by atoms with Crippen molar-refractivity contribution in [2.45, 2.75) is 13.8 Å². The van der Waals surface area contributed by atoms with Crippen LogP contribution in [0.3, 0.4) is 0 Å². The molecule has 6 nitrogen and oxygen atoms in total. The zero-order valence-electron chi connectivity index (χ0n) is 13.6.